The fourth-order valence-electron chi connectivity index (χ4n) is 4.01. The molecule has 198 valence electrons. The number of amides is 2. The van der Waals surface area contributed by atoms with Crippen LogP contribution in [-0.2, 0) is 28.4 Å². The van der Waals surface area contributed by atoms with Crippen molar-refractivity contribution in [2.24, 2.45) is 7.05 Å². The number of hydrogen-bond donors (Lipinski definition) is 2. The SMILES string of the molecule is CCCC(=O)NS(=O)(=O)C1(COc2nccc3cc(C(=O)NCc4ccc(C#N)cc4)c(=O)n(C)c23)CC1. The van der Waals surface area contributed by atoms with Gasteiger partial charge in [-0.25, -0.2) is 13.4 Å². The molecule has 1 aliphatic rings. The molecule has 1 aromatic carbocycles. The summed E-state index contributed by atoms with van der Waals surface area (Å²) in [5.41, 5.74) is 0.926. The Labute approximate surface area is 219 Å². The minimum atomic E-state index is -3.95. The van der Waals surface area contributed by atoms with E-state index in [0.29, 0.717) is 35.7 Å². The Morgan fingerprint density at radius 3 is 2.55 bits per heavy atom. The lowest BCUT2D eigenvalue weighted by molar-refractivity contribution is -0.119. The van der Waals surface area contributed by atoms with Gasteiger partial charge in [-0.05, 0) is 49.1 Å². The fourth-order valence-corrected chi connectivity index (χ4v) is 5.48. The fraction of sp³-hybridized carbons (Fsp3) is 0.346. The normalized spacial score (nSPS) is 13.9. The molecule has 11 nitrogen and oxygen atoms in total. The first-order valence-electron chi connectivity index (χ1n) is 12.0. The minimum Gasteiger partial charge on any atom is -0.474 e. The number of carbonyl (C=O) groups is 2. The molecule has 3 aromatic rings. The number of ether oxygens (including phenoxy) is 1. The number of rotatable bonds is 10. The first kappa shape index (κ1) is 26.8. The van der Waals surface area contributed by atoms with E-state index in [2.05, 4.69) is 15.0 Å². The summed E-state index contributed by atoms with van der Waals surface area (Å²) in [5.74, 6) is -1.08. The highest BCUT2D eigenvalue weighted by molar-refractivity contribution is 7.91. The minimum absolute atomic E-state index is 0.0491. The van der Waals surface area contributed by atoms with Crippen LogP contribution >= 0.6 is 0 Å². The summed E-state index contributed by atoms with van der Waals surface area (Å²) < 4.78 is 33.5. The monoisotopic (exact) mass is 537 g/mol. The molecular weight excluding hydrogens is 510 g/mol. The Kier molecular flexibility index (Phi) is 7.50. The lowest BCUT2D eigenvalue weighted by Crippen LogP contribution is -2.42. The van der Waals surface area contributed by atoms with Crippen LogP contribution in [0, 0.1) is 11.3 Å². The van der Waals surface area contributed by atoms with Crippen molar-refractivity contribution in [3.63, 3.8) is 0 Å². The second kappa shape index (κ2) is 10.6. The van der Waals surface area contributed by atoms with Gasteiger partial charge in [-0.1, -0.05) is 19.1 Å². The number of aryl methyl sites for hydroxylation is 1. The molecule has 2 amide bonds. The van der Waals surface area contributed by atoms with Crippen LogP contribution in [0.4, 0.5) is 0 Å². The van der Waals surface area contributed by atoms with Gasteiger partial charge in [0.05, 0.1) is 11.6 Å². The summed E-state index contributed by atoms with van der Waals surface area (Å²) in [4.78, 5) is 42.0. The third kappa shape index (κ3) is 5.38. The van der Waals surface area contributed by atoms with Gasteiger partial charge in [0.1, 0.15) is 22.4 Å². The molecule has 0 unspecified atom stereocenters. The van der Waals surface area contributed by atoms with Gasteiger partial charge in [-0.2, -0.15) is 5.26 Å². The predicted molar refractivity (Wildman–Crippen MR) is 139 cm³/mol. The van der Waals surface area contributed by atoms with Crippen molar-refractivity contribution in [1.82, 2.24) is 19.6 Å². The summed E-state index contributed by atoms with van der Waals surface area (Å²) in [7, 11) is -2.48. The van der Waals surface area contributed by atoms with Crippen molar-refractivity contribution < 1.29 is 22.7 Å². The Morgan fingerprint density at radius 2 is 1.92 bits per heavy atom. The Bertz CT molecular complexity index is 1600. The smallest absolute Gasteiger partial charge is 0.263 e. The van der Waals surface area contributed by atoms with E-state index >= 15 is 0 Å². The largest absolute Gasteiger partial charge is 0.474 e. The Hall–Kier alpha value is -4.24. The average molecular weight is 538 g/mol. The number of fused-ring (bicyclic) bond motifs is 1. The highest BCUT2D eigenvalue weighted by atomic mass is 32.2. The molecule has 0 saturated heterocycles. The first-order chi connectivity index (χ1) is 18.1. The molecule has 0 atom stereocenters. The molecule has 2 heterocycles. The molecule has 2 aromatic heterocycles. The van der Waals surface area contributed by atoms with E-state index in [1.807, 2.05) is 6.07 Å². The topological polar surface area (TPSA) is 160 Å². The standard InChI is InChI=1S/C26H27N5O6S/c1-3-4-21(32)30-38(35,36)26(10-11-26)16-37-24-22-19(9-12-28-24)13-20(25(34)31(22)2)23(33)29-15-18-7-5-17(14-27)6-8-18/h5-9,12-13H,3-4,10-11,15-16H2,1-2H3,(H,29,33)(H,30,32). The molecular formula is C26H27N5O6S. The van der Waals surface area contributed by atoms with Gasteiger partial charge in [0.2, 0.25) is 21.8 Å². The second-order valence-corrected chi connectivity index (χ2v) is 11.3. The third-order valence-electron chi connectivity index (χ3n) is 6.45. The maximum absolute atomic E-state index is 13.1. The van der Waals surface area contributed by atoms with E-state index in [1.165, 1.54) is 23.9 Å². The van der Waals surface area contributed by atoms with E-state index in [-0.39, 0.29) is 31.0 Å². The Balaban J connectivity index is 1.53. The van der Waals surface area contributed by atoms with Gasteiger partial charge < -0.3 is 14.6 Å². The van der Waals surface area contributed by atoms with Gasteiger partial charge >= 0.3 is 0 Å². The maximum atomic E-state index is 13.1. The molecule has 1 aliphatic carbocycles. The molecule has 4 rings (SSSR count). The van der Waals surface area contributed by atoms with E-state index in [1.54, 1.807) is 37.3 Å². The van der Waals surface area contributed by atoms with Gasteiger partial charge in [0.25, 0.3) is 11.5 Å². The van der Waals surface area contributed by atoms with Crippen molar-refractivity contribution in [3.05, 3.63) is 69.6 Å². The predicted octanol–water partition coefficient (Wildman–Crippen LogP) is 1.89. The molecule has 38 heavy (non-hydrogen) atoms. The number of aromatic nitrogens is 2. The van der Waals surface area contributed by atoms with Crippen molar-refractivity contribution in [1.29, 1.82) is 5.26 Å². The summed E-state index contributed by atoms with van der Waals surface area (Å²) >= 11 is 0. The molecule has 0 bridgehead atoms. The van der Waals surface area contributed by atoms with E-state index < -0.39 is 32.1 Å². The zero-order valence-electron chi connectivity index (χ0n) is 21.0. The molecule has 0 spiro atoms. The summed E-state index contributed by atoms with van der Waals surface area (Å²) in [6.07, 6.45) is 2.72. The lowest BCUT2D eigenvalue weighted by atomic mass is 10.1. The molecule has 0 radical (unpaired) electrons. The van der Waals surface area contributed by atoms with Crippen LogP contribution in [0.3, 0.4) is 0 Å². The maximum Gasteiger partial charge on any atom is 0.263 e. The highest BCUT2D eigenvalue weighted by Gasteiger charge is 2.56. The van der Waals surface area contributed by atoms with Gasteiger partial charge in [-0.3, -0.25) is 19.1 Å². The summed E-state index contributed by atoms with van der Waals surface area (Å²) in [6, 6.07) is 11.8. The van der Waals surface area contributed by atoms with Crippen molar-refractivity contribution >= 4 is 32.7 Å². The number of nitrogens with one attached hydrogen (secondary N) is 2. The highest BCUT2D eigenvalue weighted by Crippen LogP contribution is 2.43. The van der Waals surface area contributed by atoms with Gasteiger partial charge in [0.15, 0.2) is 0 Å². The second-order valence-electron chi connectivity index (χ2n) is 9.22. The summed E-state index contributed by atoms with van der Waals surface area (Å²) in [6.45, 7) is 1.71. The van der Waals surface area contributed by atoms with Crippen LogP contribution < -0.4 is 20.3 Å². The van der Waals surface area contributed by atoms with Crippen LogP contribution in [0.25, 0.3) is 10.9 Å². The first-order valence-corrected chi connectivity index (χ1v) is 13.5. The number of carbonyl (C=O) groups excluding carboxylic acids is 2. The van der Waals surface area contributed by atoms with Crippen LogP contribution in [0.2, 0.25) is 0 Å². The van der Waals surface area contributed by atoms with E-state index in [0.717, 1.165) is 5.56 Å². The Morgan fingerprint density at radius 1 is 1.21 bits per heavy atom. The number of sulfonamides is 1. The van der Waals surface area contributed by atoms with E-state index in [9.17, 15) is 22.8 Å². The molecule has 1 saturated carbocycles. The van der Waals surface area contributed by atoms with Crippen molar-refractivity contribution in [3.8, 4) is 11.9 Å². The quantitative estimate of drug-likeness (QED) is 0.396. The van der Waals surface area contributed by atoms with Gasteiger partial charge in [-0.15, -0.1) is 0 Å². The van der Waals surface area contributed by atoms with E-state index in [4.69, 9.17) is 10.00 Å². The molecule has 0 aliphatic heterocycles. The number of nitrogens with zero attached hydrogens (tertiary/aromatic N) is 3. The van der Waals surface area contributed by atoms with Crippen LogP contribution in [-0.4, -0.2) is 41.1 Å². The number of pyridine rings is 2. The lowest BCUT2D eigenvalue weighted by Gasteiger charge is -2.18. The van der Waals surface area contributed by atoms with Crippen molar-refractivity contribution in [2.45, 2.75) is 43.9 Å². The number of benzene rings is 1. The molecule has 1 fully saturated rings. The van der Waals surface area contributed by atoms with Crippen molar-refractivity contribution in [2.75, 3.05) is 6.61 Å². The van der Waals surface area contributed by atoms with Gasteiger partial charge in [0, 0.05) is 31.6 Å². The third-order valence-corrected chi connectivity index (χ3v) is 8.61. The summed E-state index contributed by atoms with van der Waals surface area (Å²) in [5, 5.41) is 12.1. The average Bonchev–Trinajstić information content (AvgIpc) is 3.70. The van der Waals surface area contributed by atoms with Crippen LogP contribution in [0.15, 0.2) is 47.4 Å². The molecule has 2 N–H and O–H groups in total. The number of nitriles is 1. The van der Waals surface area contributed by atoms with Crippen LogP contribution in [0.5, 0.6) is 5.88 Å². The molecule has 12 heteroatoms. The number of hydrogen-bond acceptors (Lipinski definition) is 8. The zero-order chi connectivity index (χ0) is 27.5. The van der Waals surface area contributed by atoms with Crippen LogP contribution in [0.1, 0.15) is 54.1 Å². The zero-order valence-corrected chi connectivity index (χ0v) is 21.8.